The fourth-order valence-electron chi connectivity index (χ4n) is 3.29. The number of carbonyl (C=O) groups is 1. The van der Waals surface area contributed by atoms with Gasteiger partial charge in [-0.3, -0.25) is 9.88 Å². The van der Waals surface area contributed by atoms with E-state index in [-0.39, 0.29) is 17.9 Å². The minimum atomic E-state index is -0.214. The summed E-state index contributed by atoms with van der Waals surface area (Å²) in [5, 5.41) is 3.13. The highest BCUT2D eigenvalue weighted by molar-refractivity contribution is 5.74. The van der Waals surface area contributed by atoms with E-state index in [0.29, 0.717) is 6.54 Å². The molecule has 1 fully saturated rings. The standard InChI is InChI=1S/C20H25FN4O/c1-24(13-17-4-2-10-22-12-17)20(26)23-19-5-3-11-25(15-19)14-16-6-8-18(21)9-7-16/h2,4,6-10,12,19H,3,5,11,13-15H2,1H3,(H,23,26)/t19-/m0/s1. The van der Waals surface area contributed by atoms with Crippen molar-refractivity contribution in [2.24, 2.45) is 0 Å². The zero-order chi connectivity index (χ0) is 18.4. The molecule has 2 heterocycles. The normalized spacial score (nSPS) is 17.7. The average Bonchev–Trinajstić information content (AvgIpc) is 2.65. The zero-order valence-electron chi connectivity index (χ0n) is 15.1. The molecule has 1 saturated heterocycles. The van der Waals surface area contributed by atoms with Crippen LogP contribution in [-0.4, -0.2) is 47.0 Å². The van der Waals surface area contributed by atoms with E-state index in [1.54, 1.807) is 24.3 Å². The van der Waals surface area contributed by atoms with Crippen LogP contribution in [-0.2, 0) is 13.1 Å². The number of urea groups is 1. The lowest BCUT2D eigenvalue weighted by molar-refractivity contribution is 0.167. The van der Waals surface area contributed by atoms with Crippen LogP contribution in [0.15, 0.2) is 48.8 Å². The molecular formula is C20H25FN4O. The van der Waals surface area contributed by atoms with Crippen molar-refractivity contribution in [1.82, 2.24) is 20.1 Å². The van der Waals surface area contributed by atoms with Crippen molar-refractivity contribution in [2.45, 2.75) is 32.0 Å². The first-order valence-corrected chi connectivity index (χ1v) is 8.97. The van der Waals surface area contributed by atoms with Crippen LogP contribution in [0, 0.1) is 5.82 Å². The average molecular weight is 356 g/mol. The minimum Gasteiger partial charge on any atom is -0.334 e. The van der Waals surface area contributed by atoms with Gasteiger partial charge in [-0.1, -0.05) is 18.2 Å². The Balaban J connectivity index is 1.49. The molecule has 138 valence electrons. The predicted molar refractivity (Wildman–Crippen MR) is 98.9 cm³/mol. The Morgan fingerprint density at radius 1 is 1.31 bits per heavy atom. The molecule has 1 N–H and O–H groups in total. The monoisotopic (exact) mass is 356 g/mol. The van der Waals surface area contributed by atoms with Gasteiger partial charge in [0.1, 0.15) is 5.82 Å². The van der Waals surface area contributed by atoms with Crippen molar-refractivity contribution in [1.29, 1.82) is 0 Å². The molecule has 0 bridgehead atoms. The molecule has 1 atom stereocenters. The molecule has 3 rings (SSSR count). The summed E-state index contributed by atoms with van der Waals surface area (Å²) in [4.78, 5) is 20.5. The van der Waals surface area contributed by atoms with Gasteiger partial charge in [-0.05, 0) is 48.7 Å². The van der Waals surface area contributed by atoms with Gasteiger partial charge in [-0.15, -0.1) is 0 Å². The van der Waals surface area contributed by atoms with E-state index in [4.69, 9.17) is 0 Å². The molecule has 2 amide bonds. The van der Waals surface area contributed by atoms with Crippen molar-refractivity contribution >= 4 is 6.03 Å². The van der Waals surface area contributed by atoms with Gasteiger partial charge < -0.3 is 10.2 Å². The van der Waals surface area contributed by atoms with Crippen molar-refractivity contribution in [3.63, 3.8) is 0 Å². The predicted octanol–water partition coefficient (Wildman–Crippen LogP) is 3.03. The van der Waals surface area contributed by atoms with Crippen molar-refractivity contribution < 1.29 is 9.18 Å². The second-order valence-corrected chi connectivity index (χ2v) is 6.87. The van der Waals surface area contributed by atoms with E-state index >= 15 is 0 Å². The third kappa shape index (κ3) is 5.26. The van der Waals surface area contributed by atoms with E-state index in [1.165, 1.54) is 12.1 Å². The topological polar surface area (TPSA) is 48.5 Å². The quantitative estimate of drug-likeness (QED) is 0.896. The highest BCUT2D eigenvalue weighted by atomic mass is 19.1. The van der Waals surface area contributed by atoms with Gasteiger partial charge in [0.2, 0.25) is 0 Å². The van der Waals surface area contributed by atoms with Crippen molar-refractivity contribution in [3.8, 4) is 0 Å². The molecule has 1 aliphatic heterocycles. The number of piperidine rings is 1. The summed E-state index contributed by atoms with van der Waals surface area (Å²) in [6.07, 6.45) is 5.51. The van der Waals surface area contributed by atoms with Crippen LogP contribution in [0.3, 0.4) is 0 Å². The van der Waals surface area contributed by atoms with Crippen LogP contribution in [0.25, 0.3) is 0 Å². The van der Waals surface area contributed by atoms with Gasteiger partial charge in [0.25, 0.3) is 0 Å². The number of amides is 2. The van der Waals surface area contributed by atoms with E-state index in [9.17, 15) is 9.18 Å². The number of nitrogens with zero attached hydrogens (tertiary/aromatic N) is 3. The van der Waals surface area contributed by atoms with Crippen molar-refractivity contribution in [2.75, 3.05) is 20.1 Å². The van der Waals surface area contributed by atoms with Crippen LogP contribution < -0.4 is 5.32 Å². The SMILES string of the molecule is CN(Cc1cccnc1)C(=O)N[C@H]1CCCN(Cc2ccc(F)cc2)C1. The molecule has 0 spiro atoms. The number of likely N-dealkylation sites (tertiary alicyclic amines) is 1. The number of aromatic nitrogens is 1. The molecule has 1 aliphatic rings. The number of pyridine rings is 1. The van der Waals surface area contributed by atoms with Gasteiger partial charge in [0, 0.05) is 45.1 Å². The highest BCUT2D eigenvalue weighted by Crippen LogP contribution is 2.15. The Hall–Kier alpha value is -2.47. The number of hydrogen-bond acceptors (Lipinski definition) is 3. The molecular weight excluding hydrogens is 331 g/mol. The van der Waals surface area contributed by atoms with Gasteiger partial charge in [0.05, 0.1) is 0 Å². The number of halogens is 1. The maximum absolute atomic E-state index is 13.0. The van der Waals surface area contributed by atoms with E-state index in [0.717, 1.165) is 43.6 Å². The lowest BCUT2D eigenvalue weighted by Gasteiger charge is -2.34. The number of benzene rings is 1. The first-order chi connectivity index (χ1) is 12.6. The third-order valence-corrected chi connectivity index (χ3v) is 4.64. The number of nitrogens with one attached hydrogen (secondary N) is 1. The third-order valence-electron chi connectivity index (χ3n) is 4.64. The zero-order valence-corrected chi connectivity index (χ0v) is 15.1. The van der Waals surface area contributed by atoms with E-state index < -0.39 is 0 Å². The maximum Gasteiger partial charge on any atom is 0.317 e. The summed E-state index contributed by atoms with van der Waals surface area (Å²) < 4.78 is 13.0. The van der Waals surface area contributed by atoms with Crippen LogP contribution in [0.4, 0.5) is 9.18 Å². The fraction of sp³-hybridized carbons (Fsp3) is 0.400. The summed E-state index contributed by atoms with van der Waals surface area (Å²) in [5.41, 5.74) is 2.10. The molecule has 6 heteroatoms. The van der Waals surface area contributed by atoms with Gasteiger partial charge >= 0.3 is 6.03 Å². The van der Waals surface area contributed by atoms with E-state index in [2.05, 4.69) is 15.2 Å². The summed E-state index contributed by atoms with van der Waals surface area (Å²) in [6.45, 7) is 3.11. The highest BCUT2D eigenvalue weighted by Gasteiger charge is 2.22. The molecule has 0 unspecified atom stereocenters. The summed E-state index contributed by atoms with van der Waals surface area (Å²) in [5.74, 6) is -0.214. The molecule has 1 aromatic carbocycles. The summed E-state index contributed by atoms with van der Waals surface area (Å²) in [6, 6.07) is 10.5. The Morgan fingerprint density at radius 3 is 2.85 bits per heavy atom. The van der Waals surface area contributed by atoms with Crippen LogP contribution in [0.1, 0.15) is 24.0 Å². The van der Waals surface area contributed by atoms with E-state index in [1.807, 2.05) is 24.3 Å². The summed E-state index contributed by atoms with van der Waals surface area (Å²) in [7, 11) is 1.79. The lowest BCUT2D eigenvalue weighted by atomic mass is 10.0. The lowest BCUT2D eigenvalue weighted by Crippen LogP contribution is -2.50. The molecule has 1 aromatic heterocycles. The van der Waals surface area contributed by atoms with Gasteiger partial charge in [-0.2, -0.15) is 0 Å². The molecule has 5 nitrogen and oxygen atoms in total. The number of rotatable bonds is 5. The maximum atomic E-state index is 13.0. The second-order valence-electron chi connectivity index (χ2n) is 6.87. The number of hydrogen-bond donors (Lipinski definition) is 1. The van der Waals surface area contributed by atoms with Crippen LogP contribution >= 0.6 is 0 Å². The Labute approximate surface area is 153 Å². The van der Waals surface area contributed by atoms with Crippen LogP contribution in [0.2, 0.25) is 0 Å². The largest absolute Gasteiger partial charge is 0.334 e. The molecule has 2 aromatic rings. The first kappa shape index (κ1) is 18.3. The molecule has 0 saturated carbocycles. The van der Waals surface area contributed by atoms with Gasteiger partial charge in [-0.25, -0.2) is 9.18 Å². The minimum absolute atomic E-state index is 0.0671. The Kier molecular flexibility index (Phi) is 6.17. The molecule has 26 heavy (non-hydrogen) atoms. The Bertz CT molecular complexity index is 708. The smallest absolute Gasteiger partial charge is 0.317 e. The first-order valence-electron chi connectivity index (χ1n) is 8.97. The summed E-state index contributed by atoms with van der Waals surface area (Å²) >= 11 is 0. The molecule has 0 aliphatic carbocycles. The Morgan fingerprint density at radius 2 is 2.12 bits per heavy atom. The van der Waals surface area contributed by atoms with Crippen LogP contribution in [0.5, 0.6) is 0 Å². The number of carbonyl (C=O) groups excluding carboxylic acids is 1. The fourth-order valence-corrected chi connectivity index (χ4v) is 3.29. The molecule has 0 radical (unpaired) electrons. The van der Waals surface area contributed by atoms with Crippen molar-refractivity contribution in [3.05, 3.63) is 65.7 Å². The van der Waals surface area contributed by atoms with Gasteiger partial charge in [0.15, 0.2) is 0 Å². The second kappa shape index (κ2) is 8.76.